The first-order chi connectivity index (χ1) is 9.50. The fraction of sp³-hybridized carbons (Fsp3) is 0.933. The van der Waals surface area contributed by atoms with Gasteiger partial charge in [-0.25, -0.2) is 0 Å². The summed E-state index contributed by atoms with van der Waals surface area (Å²) in [6.45, 7) is 8.98. The van der Waals surface area contributed by atoms with Crippen LogP contribution in [0, 0.1) is 0 Å². The SMILES string of the molecule is CCNC1(C(=O)OC)CCC(N2C[C@@H](C)O[C@@H](C)C2)C1. The van der Waals surface area contributed by atoms with Crippen LogP contribution in [0.2, 0.25) is 0 Å². The highest BCUT2D eigenvalue weighted by Crippen LogP contribution is 2.35. The average Bonchev–Trinajstić information content (AvgIpc) is 2.83. The van der Waals surface area contributed by atoms with Gasteiger partial charge in [0.1, 0.15) is 5.54 Å². The molecule has 1 saturated carbocycles. The van der Waals surface area contributed by atoms with Crippen LogP contribution >= 0.6 is 0 Å². The summed E-state index contributed by atoms with van der Waals surface area (Å²) < 4.78 is 10.8. The van der Waals surface area contributed by atoms with Crippen LogP contribution in [0.3, 0.4) is 0 Å². The van der Waals surface area contributed by atoms with Gasteiger partial charge in [0, 0.05) is 19.1 Å². The highest BCUT2D eigenvalue weighted by molar-refractivity contribution is 5.81. The molecule has 2 aliphatic rings. The van der Waals surface area contributed by atoms with Crippen LogP contribution in [0.25, 0.3) is 0 Å². The molecule has 0 bridgehead atoms. The normalized spacial score (nSPS) is 38.9. The Morgan fingerprint density at radius 1 is 1.40 bits per heavy atom. The summed E-state index contributed by atoms with van der Waals surface area (Å²) in [6.07, 6.45) is 3.28. The van der Waals surface area contributed by atoms with Crippen molar-refractivity contribution in [3.05, 3.63) is 0 Å². The number of likely N-dealkylation sites (N-methyl/N-ethyl adjacent to an activating group) is 1. The van der Waals surface area contributed by atoms with E-state index in [1.807, 2.05) is 6.92 Å². The molecule has 0 amide bonds. The Kier molecular flexibility index (Phi) is 5.04. The first kappa shape index (κ1) is 15.7. The minimum Gasteiger partial charge on any atom is -0.468 e. The van der Waals surface area contributed by atoms with Gasteiger partial charge in [-0.15, -0.1) is 0 Å². The predicted molar refractivity (Wildman–Crippen MR) is 77.6 cm³/mol. The van der Waals surface area contributed by atoms with Gasteiger partial charge in [0.2, 0.25) is 0 Å². The second-order valence-electron chi connectivity index (χ2n) is 6.21. The van der Waals surface area contributed by atoms with E-state index in [1.165, 1.54) is 7.11 Å². The Bertz CT molecular complexity index is 340. The molecule has 116 valence electrons. The third-order valence-electron chi connectivity index (χ3n) is 4.54. The van der Waals surface area contributed by atoms with Crippen LogP contribution in [-0.4, -0.2) is 61.4 Å². The molecule has 2 rings (SSSR count). The Morgan fingerprint density at radius 3 is 2.60 bits per heavy atom. The standard InChI is InChI=1S/C15H28N2O3/c1-5-16-15(14(18)19-4)7-6-13(8-15)17-9-11(2)20-12(3)10-17/h11-13,16H,5-10H2,1-4H3/t11-,12+,13?,15?. The maximum Gasteiger partial charge on any atom is 0.326 e. The van der Waals surface area contributed by atoms with Crippen molar-refractivity contribution in [2.75, 3.05) is 26.7 Å². The van der Waals surface area contributed by atoms with Crippen LogP contribution in [0.15, 0.2) is 0 Å². The van der Waals surface area contributed by atoms with E-state index < -0.39 is 5.54 Å². The summed E-state index contributed by atoms with van der Waals surface area (Å²) in [7, 11) is 1.48. The molecule has 0 spiro atoms. The fourth-order valence-electron chi connectivity index (χ4n) is 3.80. The first-order valence-corrected chi connectivity index (χ1v) is 7.73. The second-order valence-corrected chi connectivity index (χ2v) is 6.21. The number of carbonyl (C=O) groups is 1. The monoisotopic (exact) mass is 284 g/mol. The van der Waals surface area contributed by atoms with E-state index in [-0.39, 0.29) is 18.2 Å². The lowest BCUT2D eigenvalue weighted by atomic mass is 9.97. The number of nitrogens with one attached hydrogen (secondary N) is 1. The van der Waals surface area contributed by atoms with Gasteiger partial charge >= 0.3 is 5.97 Å². The summed E-state index contributed by atoms with van der Waals surface area (Å²) in [6, 6.07) is 0.446. The topological polar surface area (TPSA) is 50.8 Å². The Hall–Kier alpha value is -0.650. The number of nitrogens with zero attached hydrogens (tertiary/aromatic N) is 1. The molecule has 20 heavy (non-hydrogen) atoms. The molecular weight excluding hydrogens is 256 g/mol. The van der Waals surface area contributed by atoms with E-state index >= 15 is 0 Å². The molecule has 2 unspecified atom stereocenters. The molecular formula is C15H28N2O3. The van der Waals surface area contributed by atoms with Gasteiger partial charge < -0.3 is 14.8 Å². The molecule has 1 N–H and O–H groups in total. The van der Waals surface area contributed by atoms with E-state index in [9.17, 15) is 4.79 Å². The Balaban J connectivity index is 2.04. The van der Waals surface area contributed by atoms with Gasteiger partial charge in [-0.1, -0.05) is 6.92 Å². The molecule has 2 fully saturated rings. The lowest BCUT2D eigenvalue weighted by Crippen LogP contribution is -2.54. The highest BCUT2D eigenvalue weighted by Gasteiger charge is 2.47. The summed E-state index contributed by atoms with van der Waals surface area (Å²) >= 11 is 0. The third kappa shape index (κ3) is 3.15. The van der Waals surface area contributed by atoms with E-state index in [4.69, 9.17) is 9.47 Å². The number of hydrogen-bond acceptors (Lipinski definition) is 5. The zero-order chi connectivity index (χ0) is 14.8. The maximum absolute atomic E-state index is 12.2. The summed E-state index contributed by atoms with van der Waals surface area (Å²) in [4.78, 5) is 14.6. The van der Waals surface area contributed by atoms with Gasteiger partial charge in [0.15, 0.2) is 0 Å². The molecule has 1 aliphatic heterocycles. The van der Waals surface area contributed by atoms with E-state index in [2.05, 4.69) is 24.1 Å². The van der Waals surface area contributed by atoms with Crippen molar-refractivity contribution >= 4 is 5.97 Å². The fourth-order valence-corrected chi connectivity index (χ4v) is 3.80. The average molecular weight is 284 g/mol. The Labute approximate surface area is 122 Å². The molecule has 5 nitrogen and oxygen atoms in total. The number of ether oxygens (including phenoxy) is 2. The van der Waals surface area contributed by atoms with Crippen molar-refractivity contribution in [3.8, 4) is 0 Å². The van der Waals surface area contributed by atoms with Crippen molar-refractivity contribution in [3.63, 3.8) is 0 Å². The molecule has 1 saturated heterocycles. The lowest BCUT2D eigenvalue weighted by molar-refractivity contribution is -0.148. The third-order valence-corrected chi connectivity index (χ3v) is 4.54. The largest absolute Gasteiger partial charge is 0.468 e. The van der Waals surface area contributed by atoms with E-state index in [1.54, 1.807) is 0 Å². The number of morpholine rings is 1. The van der Waals surface area contributed by atoms with Crippen LogP contribution in [0.4, 0.5) is 0 Å². The highest BCUT2D eigenvalue weighted by atomic mass is 16.5. The van der Waals surface area contributed by atoms with Crippen molar-refractivity contribution in [1.82, 2.24) is 10.2 Å². The lowest BCUT2D eigenvalue weighted by Gasteiger charge is -2.39. The van der Waals surface area contributed by atoms with E-state index in [0.29, 0.717) is 6.04 Å². The van der Waals surface area contributed by atoms with Crippen molar-refractivity contribution in [2.45, 2.75) is 63.8 Å². The molecule has 0 radical (unpaired) electrons. The van der Waals surface area contributed by atoms with Gasteiger partial charge in [-0.3, -0.25) is 9.69 Å². The van der Waals surface area contributed by atoms with Crippen molar-refractivity contribution in [2.24, 2.45) is 0 Å². The predicted octanol–water partition coefficient (Wildman–Crippen LogP) is 1.17. The molecule has 0 aromatic rings. The van der Waals surface area contributed by atoms with Crippen molar-refractivity contribution in [1.29, 1.82) is 0 Å². The zero-order valence-corrected chi connectivity index (χ0v) is 13.1. The van der Waals surface area contributed by atoms with Crippen LogP contribution in [0.1, 0.15) is 40.0 Å². The molecule has 5 heteroatoms. The number of rotatable bonds is 4. The van der Waals surface area contributed by atoms with Gasteiger partial charge in [0.25, 0.3) is 0 Å². The van der Waals surface area contributed by atoms with Gasteiger partial charge in [-0.2, -0.15) is 0 Å². The van der Waals surface area contributed by atoms with Crippen LogP contribution < -0.4 is 5.32 Å². The quantitative estimate of drug-likeness (QED) is 0.785. The van der Waals surface area contributed by atoms with E-state index in [0.717, 1.165) is 38.9 Å². The Morgan fingerprint density at radius 2 is 2.05 bits per heavy atom. The number of carbonyl (C=O) groups excluding carboxylic acids is 1. The molecule has 1 heterocycles. The minimum atomic E-state index is -0.487. The molecule has 0 aromatic carbocycles. The maximum atomic E-state index is 12.2. The zero-order valence-electron chi connectivity index (χ0n) is 13.1. The second kappa shape index (κ2) is 6.41. The molecule has 0 aromatic heterocycles. The summed E-state index contributed by atoms with van der Waals surface area (Å²) in [5.41, 5.74) is -0.487. The molecule has 1 aliphatic carbocycles. The first-order valence-electron chi connectivity index (χ1n) is 7.73. The molecule has 4 atom stereocenters. The number of methoxy groups -OCH3 is 1. The minimum absolute atomic E-state index is 0.115. The van der Waals surface area contributed by atoms with Crippen LogP contribution in [0.5, 0.6) is 0 Å². The number of esters is 1. The van der Waals surface area contributed by atoms with Gasteiger partial charge in [-0.05, 0) is 39.7 Å². The summed E-state index contributed by atoms with van der Waals surface area (Å²) in [5, 5.41) is 3.37. The van der Waals surface area contributed by atoms with Crippen molar-refractivity contribution < 1.29 is 14.3 Å². The number of hydrogen-bond donors (Lipinski definition) is 1. The van der Waals surface area contributed by atoms with Gasteiger partial charge in [0.05, 0.1) is 19.3 Å². The van der Waals surface area contributed by atoms with Crippen LogP contribution in [-0.2, 0) is 14.3 Å². The summed E-state index contributed by atoms with van der Waals surface area (Å²) in [5.74, 6) is -0.115. The smallest absolute Gasteiger partial charge is 0.326 e.